The fourth-order valence-corrected chi connectivity index (χ4v) is 1.99. The molecule has 1 aromatic rings. The minimum Gasteiger partial charge on any atom is -0.456 e. The summed E-state index contributed by atoms with van der Waals surface area (Å²) in [4.78, 5) is 13.7. The number of hydrogen-bond donors (Lipinski definition) is 0. The van der Waals surface area contributed by atoms with Crippen molar-refractivity contribution in [3.05, 3.63) is 23.7 Å². The number of amides is 1. The minimum atomic E-state index is -0.0245. The smallest absolute Gasteiger partial charge is 0.289 e. The van der Waals surface area contributed by atoms with E-state index in [2.05, 4.69) is 15.9 Å². The van der Waals surface area contributed by atoms with E-state index in [9.17, 15) is 4.79 Å². The summed E-state index contributed by atoms with van der Waals surface area (Å²) in [6, 6.07) is 3.63. The average Bonchev–Trinajstić information content (AvgIpc) is 2.82. The fraction of sp³-hybridized carbons (Fsp3) is 0.615. The number of hydrogen-bond acceptors (Lipinski definition) is 2. The largest absolute Gasteiger partial charge is 0.456 e. The highest BCUT2D eigenvalue weighted by atomic mass is 79.9. The maximum Gasteiger partial charge on any atom is 0.289 e. The number of furan rings is 1. The van der Waals surface area contributed by atoms with Crippen LogP contribution in [0.3, 0.4) is 0 Å². The number of halogens is 1. The molecule has 1 rings (SSSR count). The highest BCUT2D eigenvalue weighted by Crippen LogP contribution is 2.11. The van der Waals surface area contributed by atoms with E-state index < -0.39 is 0 Å². The van der Waals surface area contributed by atoms with E-state index in [1.54, 1.807) is 11.0 Å². The lowest BCUT2D eigenvalue weighted by atomic mass is 10.2. The molecule has 0 radical (unpaired) electrons. The summed E-state index contributed by atoms with van der Waals surface area (Å²) in [5, 5.41) is 1.03. The number of rotatable bonds is 7. The molecule has 0 aromatic carbocycles. The number of nitrogens with zero attached hydrogens (tertiary/aromatic N) is 1. The van der Waals surface area contributed by atoms with E-state index in [0.717, 1.165) is 43.3 Å². The first-order valence-electron chi connectivity index (χ1n) is 6.09. The van der Waals surface area contributed by atoms with Crippen LogP contribution in [0.15, 0.2) is 16.5 Å². The molecule has 17 heavy (non-hydrogen) atoms. The molecule has 0 atom stereocenters. The number of alkyl halides is 1. The molecule has 0 N–H and O–H groups in total. The zero-order chi connectivity index (χ0) is 12.7. The van der Waals surface area contributed by atoms with Crippen LogP contribution in [0.5, 0.6) is 0 Å². The molecule has 0 bridgehead atoms. The molecule has 1 aromatic heterocycles. The molecule has 0 aliphatic carbocycles. The van der Waals surface area contributed by atoms with Crippen molar-refractivity contribution in [3.63, 3.8) is 0 Å². The number of carbonyl (C=O) groups is 1. The van der Waals surface area contributed by atoms with Crippen LogP contribution in [-0.2, 0) is 6.42 Å². The molecule has 0 aliphatic rings. The van der Waals surface area contributed by atoms with E-state index in [4.69, 9.17) is 4.42 Å². The molecule has 0 fully saturated rings. The molecule has 1 amide bonds. The predicted molar refractivity (Wildman–Crippen MR) is 72.7 cm³/mol. The zero-order valence-electron chi connectivity index (χ0n) is 10.5. The van der Waals surface area contributed by atoms with Crippen LogP contribution in [0.25, 0.3) is 0 Å². The van der Waals surface area contributed by atoms with Crippen LogP contribution in [0, 0.1) is 0 Å². The van der Waals surface area contributed by atoms with Crippen molar-refractivity contribution in [1.29, 1.82) is 0 Å². The van der Waals surface area contributed by atoms with Gasteiger partial charge in [-0.2, -0.15) is 0 Å². The van der Waals surface area contributed by atoms with Gasteiger partial charge in [0.05, 0.1) is 0 Å². The lowest BCUT2D eigenvalue weighted by Crippen LogP contribution is -2.27. The Bertz CT molecular complexity index is 349. The van der Waals surface area contributed by atoms with Gasteiger partial charge >= 0.3 is 0 Å². The predicted octanol–water partition coefficient (Wildman–Crippen LogP) is 3.48. The molecule has 4 heteroatoms. The van der Waals surface area contributed by atoms with Crippen LogP contribution in [-0.4, -0.2) is 29.7 Å². The number of aryl methyl sites for hydroxylation is 1. The summed E-state index contributed by atoms with van der Waals surface area (Å²) >= 11 is 3.40. The topological polar surface area (TPSA) is 33.5 Å². The Hall–Kier alpha value is -0.770. The Balaban J connectivity index is 2.40. The second-order valence-corrected chi connectivity index (χ2v) is 4.89. The minimum absolute atomic E-state index is 0.0245. The summed E-state index contributed by atoms with van der Waals surface area (Å²) < 4.78 is 5.44. The summed E-state index contributed by atoms with van der Waals surface area (Å²) in [6.45, 7) is 2.80. The van der Waals surface area contributed by atoms with Gasteiger partial charge < -0.3 is 9.32 Å². The Morgan fingerprint density at radius 3 is 2.71 bits per heavy atom. The first-order chi connectivity index (χ1) is 8.19. The summed E-state index contributed by atoms with van der Waals surface area (Å²) in [5.74, 6) is 1.29. The van der Waals surface area contributed by atoms with Crippen molar-refractivity contribution in [2.75, 3.05) is 18.9 Å². The number of unbranched alkanes of at least 4 members (excludes halogenated alkanes) is 2. The lowest BCUT2D eigenvalue weighted by Gasteiger charge is -2.15. The molecule has 0 aliphatic heterocycles. The van der Waals surface area contributed by atoms with E-state index in [1.807, 2.05) is 20.0 Å². The van der Waals surface area contributed by atoms with E-state index in [0.29, 0.717) is 5.76 Å². The Kier molecular flexibility index (Phi) is 6.34. The van der Waals surface area contributed by atoms with Crippen molar-refractivity contribution >= 4 is 21.8 Å². The zero-order valence-corrected chi connectivity index (χ0v) is 12.1. The second kappa shape index (κ2) is 7.54. The third kappa shape index (κ3) is 4.54. The molecule has 0 unspecified atom stereocenters. The monoisotopic (exact) mass is 301 g/mol. The molecular weight excluding hydrogens is 282 g/mol. The van der Waals surface area contributed by atoms with E-state index in [-0.39, 0.29) is 5.91 Å². The Morgan fingerprint density at radius 1 is 1.35 bits per heavy atom. The molecule has 0 saturated heterocycles. The second-order valence-electron chi connectivity index (χ2n) is 4.10. The maximum absolute atomic E-state index is 12.0. The highest BCUT2D eigenvalue weighted by Gasteiger charge is 2.14. The summed E-state index contributed by atoms with van der Waals surface area (Å²) in [7, 11) is 1.82. The molecule has 0 spiro atoms. The van der Waals surface area contributed by atoms with Crippen LogP contribution in [0.2, 0.25) is 0 Å². The van der Waals surface area contributed by atoms with Crippen LogP contribution >= 0.6 is 15.9 Å². The SMILES string of the molecule is CCc1ccc(C(=O)N(C)CCCCCBr)o1. The van der Waals surface area contributed by atoms with Crippen LogP contribution < -0.4 is 0 Å². The fourth-order valence-electron chi connectivity index (χ4n) is 1.59. The van der Waals surface area contributed by atoms with Crippen molar-refractivity contribution in [2.45, 2.75) is 32.6 Å². The first-order valence-corrected chi connectivity index (χ1v) is 7.21. The van der Waals surface area contributed by atoms with Gasteiger partial charge in [-0.15, -0.1) is 0 Å². The molecule has 0 saturated carbocycles. The standard InChI is InChI=1S/C13H20BrNO2/c1-3-11-7-8-12(17-11)13(16)15(2)10-6-4-5-9-14/h7-8H,3-6,9-10H2,1-2H3. The quantitative estimate of drug-likeness (QED) is 0.571. The average molecular weight is 302 g/mol. The van der Waals surface area contributed by atoms with Crippen molar-refractivity contribution in [1.82, 2.24) is 4.90 Å². The van der Waals surface area contributed by atoms with Gasteiger partial charge in [0.15, 0.2) is 5.76 Å². The van der Waals surface area contributed by atoms with Crippen molar-refractivity contribution < 1.29 is 9.21 Å². The number of carbonyl (C=O) groups excluding carboxylic acids is 1. The van der Waals surface area contributed by atoms with Crippen molar-refractivity contribution in [3.8, 4) is 0 Å². The first kappa shape index (κ1) is 14.3. The van der Waals surface area contributed by atoms with Gasteiger partial charge in [-0.1, -0.05) is 29.3 Å². The summed E-state index contributed by atoms with van der Waals surface area (Å²) in [5.41, 5.74) is 0. The third-order valence-corrected chi connectivity index (χ3v) is 3.26. The van der Waals surface area contributed by atoms with Gasteiger partial charge in [0.25, 0.3) is 5.91 Å². The van der Waals surface area contributed by atoms with Gasteiger partial charge in [0.2, 0.25) is 0 Å². The van der Waals surface area contributed by atoms with Gasteiger partial charge in [-0.05, 0) is 25.0 Å². The van der Waals surface area contributed by atoms with Gasteiger partial charge in [0.1, 0.15) is 5.76 Å². The van der Waals surface area contributed by atoms with E-state index >= 15 is 0 Å². The Labute approximate surface area is 111 Å². The molecule has 3 nitrogen and oxygen atoms in total. The third-order valence-electron chi connectivity index (χ3n) is 2.69. The maximum atomic E-state index is 12.0. The van der Waals surface area contributed by atoms with Crippen LogP contribution in [0.4, 0.5) is 0 Å². The Morgan fingerprint density at radius 2 is 2.12 bits per heavy atom. The lowest BCUT2D eigenvalue weighted by molar-refractivity contribution is 0.0759. The highest BCUT2D eigenvalue weighted by molar-refractivity contribution is 9.09. The van der Waals surface area contributed by atoms with Gasteiger partial charge in [0, 0.05) is 25.3 Å². The summed E-state index contributed by atoms with van der Waals surface area (Å²) in [6.07, 6.45) is 4.15. The molecular formula is C13H20BrNO2. The van der Waals surface area contributed by atoms with E-state index in [1.165, 1.54) is 0 Å². The molecule has 96 valence electrons. The van der Waals surface area contributed by atoms with Gasteiger partial charge in [-0.25, -0.2) is 0 Å². The molecule has 1 heterocycles. The van der Waals surface area contributed by atoms with Crippen molar-refractivity contribution in [2.24, 2.45) is 0 Å². The van der Waals surface area contributed by atoms with Crippen LogP contribution in [0.1, 0.15) is 42.5 Å². The van der Waals surface area contributed by atoms with Gasteiger partial charge in [-0.3, -0.25) is 4.79 Å². The normalized spacial score (nSPS) is 10.5.